The molecule has 1 aliphatic rings. The zero-order valence-electron chi connectivity index (χ0n) is 14.0. The molecule has 0 radical (unpaired) electrons. The highest BCUT2D eigenvalue weighted by atomic mass is 16.5. The lowest BCUT2D eigenvalue weighted by atomic mass is 9.89. The summed E-state index contributed by atoms with van der Waals surface area (Å²) < 4.78 is 5.67. The summed E-state index contributed by atoms with van der Waals surface area (Å²) in [5.74, 6) is 1.82. The van der Waals surface area contributed by atoms with E-state index in [-0.39, 0.29) is 12.1 Å². The maximum absolute atomic E-state index is 12.1. The second kappa shape index (κ2) is 8.66. The molecule has 20 heavy (non-hydrogen) atoms. The number of nitrogens with zero attached hydrogens (tertiary/aromatic N) is 1. The molecule has 1 rings (SSSR count). The standard InChI is InChI=1S/C17H33NO2/c1-13(2)10-18(11-14(3)4)12-17(19)20-16-8-6-7-15(5)9-16/h13-16H,6-12H2,1-5H3. The van der Waals surface area contributed by atoms with Crippen molar-refractivity contribution in [1.82, 2.24) is 4.90 Å². The Kier molecular flexibility index (Phi) is 7.57. The number of ether oxygens (including phenoxy) is 1. The molecule has 2 unspecified atom stereocenters. The number of carbonyl (C=O) groups excluding carboxylic acids is 1. The van der Waals surface area contributed by atoms with Crippen molar-refractivity contribution in [1.29, 1.82) is 0 Å². The van der Waals surface area contributed by atoms with Gasteiger partial charge in [0.25, 0.3) is 0 Å². The second-order valence-electron chi connectivity index (χ2n) is 7.37. The molecule has 0 aromatic carbocycles. The van der Waals surface area contributed by atoms with Crippen LogP contribution >= 0.6 is 0 Å². The number of rotatable bonds is 7. The van der Waals surface area contributed by atoms with Crippen LogP contribution in [0.2, 0.25) is 0 Å². The molecule has 3 heteroatoms. The van der Waals surface area contributed by atoms with E-state index in [0.717, 1.165) is 25.9 Å². The van der Waals surface area contributed by atoms with Crippen LogP contribution in [0, 0.1) is 17.8 Å². The molecular weight excluding hydrogens is 250 g/mol. The van der Waals surface area contributed by atoms with E-state index in [4.69, 9.17) is 4.74 Å². The van der Waals surface area contributed by atoms with Gasteiger partial charge < -0.3 is 4.74 Å². The Balaban J connectivity index is 2.40. The molecule has 0 saturated heterocycles. The summed E-state index contributed by atoms with van der Waals surface area (Å²) in [5.41, 5.74) is 0. The summed E-state index contributed by atoms with van der Waals surface area (Å²) in [4.78, 5) is 14.4. The highest BCUT2D eigenvalue weighted by molar-refractivity contribution is 5.71. The fourth-order valence-corrected chi connectivity index (χ4v) is 3.13. The molecule has 0 aromatic rings. The molecule has 0 N–H and O–H groups in total. The third-order valence-corrected chi connectivity index (χ3v) is 3.79. The summed E-state index contributed by atoms with van der Waals surface area (Å²) in [7, 11) is 0. The molecule has 3 nitrogen and oxygen atoms in total. The first-order valence-corrected chi connectivity index (χ1v) is 8.28. The lowest BCUT2D eigenvalue weighted by Crippen LogP contribution is -2.38. The van der Waals surface area contributed by atoms with Crippen LogP contribution < -0.4 is 0 Å². The Bertz CT molecular complexity index is 279. The fourth-order valence-electron chi connectivity index (χ4n) is 3.13. The molecule has 118 valence electrons. The fraction of sp³-hybridized carbons (Fsp3) is 0.941. The molecule has 1 saturated carbocycles. The summed E-state index contributed by atoms with van der Waals surface area (Å²) in [6.07, 6.45) is 4.72. The molecule has 0 heterocycles. The van der Waals surface area contributed by atoms with Crippen LogP contribution in [0.5, 0.6) is 0 Å². The minimum atomic E-state index is -0.0367. The maximum Gasteiger partial charge on any atom is 0.320 e. The SMILES string of the molecule is CC(C)CN(CC(=O)OC1CCCC(C)C1)CC(C)C. The molecule has 2 atom stereocenters. The van der Waals surface area contributed by atoms with Crippen LogP contribution in [-0.4, -0.2) is 36.6 Å². The van der Waals surface area contributed by atoms with Crippen LogP contribution in [0.25, 0.3) is 0 Å². The van der Waals surface area contributed by atoms with Gasteiger partial charge in [-0.05, 0) is 37.0 Å². The Morgan fingerprint density at radius 3 is 2.25 bits per heavy atom. The Morgan fingerprint density at radius 1 is 1.15 bits per heavy atom. The second-order valence-corrected chi connectivity index (χ2v) is 7.37. The van der Waals surface area contributed by atoms with Crippen LogP contribution in [0.15, 0.2) is 0 Å². The smallest absolute Gasteiger partial charge is 0.320 e. The monoisotopic (exact) mass is 283 g/mol. The quantitative estimate of drug-likeness (QED) is 0.667. The molecule has 1 fully saturated rings. The summed E-state index contributed by atoms with van der Waals surface area (Å²) >= 11 is 0. The van der Waals surface area contributed by atoms with Crippen LogP contribution in [0.1, 0.15) is 60.3 Å². The Labute approximate surface area is 125 Å². The normalized spacial score (nSPS) is 23.6. The van der Waals surface area contributed by atoms with Gasteiger partial charge in [-0.3, -0.25) is 9.69 Å². The van der Waals surface area contributed by atoms with Gasteiger partial charge in [-0.25, -0.2) is 0 Å². The summed E-state index contributed by atoms with van der Waals surface area (Å²) in [5, 5.41) is 0. The lowest BCUT2D eigenvalue weighted by Gasteiger charge is -2.29. The molecule has 0 spiro atoms. The molecular formula is C17H33NO2. The highest BCUT2D eigenvalue weighted by Crippen LogP contribution is 2.25. The average molecular weight is 283 g/mol. The predicted molar refractivity (Wildman–Crippen MR) is 83.6 cm³/mol. The maximum atomic E-state index is 12.1. The van der Waals surface area contributed by atoms with Crippen LogP contribution in [0.3, 0.4) is 0 Å². The molecule has 0 amide bonds. The van der Waals surface area contributed by atoms with E-state index < -0.39 is 0 Å². The topological polar surface area (TPSA) is 29.5 Å². The van der Waals surface area contributed by atoms with Crippen LogP contribution in [0.4, 0.5) is 0 Å². The van der Waals surface area contributed by atoms with Gasteiger partial charge in [0.1, 0.15) is 6.10 Å². The summed E-state index contributed by atoms with van der Waals surface area (Å²) in [6, 6.07) is 0. The van der Waals surface area contributed by atoms with E-state index in [1.54, 1.807) is 0 Å². The van der Waals surface area contributed by atoms with E-state index in [9.17, 15) is 4.79 Å². The van der Waals surface area contributed by atoms with Crippen molar-refractivity contribution in [3.05, 3.63) is 0 Å². The van der Waals surface area contributed by atoms with Gasteiger partial charge in [-0.1, -0.05) is 41.0 Å². The minimum Gasteiger partial charge on any atom is -0.461 e. The highest BCUT2D eigenvalue weighted by Gasteiger charge is 2.23. The average Bonchev–Trinajstić information content (AvgIpc) is 2.26. The van der Waals surface area contributed by atoms with E-state index in [0.29, 0.717) is 24.3 Å². The molecule has 0 bridgehead atoms. The number of esters is 1. The van der Waals surface area contributed by atoms with E-state index in [1.165, 1.54) is 12.8 Å². The van der Waals surface area contributed by atoms with Gasteiger partial charge >= 0.3 is 5.97 Å². The molecule has 0 aromatic heterocycles. The first kappa shape index (κ1) is 17.5. The Morgan fingerprint density at radius 2 is 1.75 bits per heavy atom. The van der Waals surface area contributed by atoms with E-state index in [2.05, 4.69) is 39.5 Å². The van der Waals surface area contributed by atoms with Crippen molar-refractivity contribution in [2.45, 2.75) is 66.4 Å². The van der Waals surface area contributed by atoms with E-state index >= 15 is 0 Å². The third kappa shape index (κ3) is 7.28. The van der Waals surface area contributed by atoms with Crippen molar-refractivity contribution >= 4 is 5.97 Å². The molecule has 1 aliphatic carbocycles. The predicted octanol–water partition coefficient (Wildman–Crippen LogP) is 3.72. The van der Waals surface area contributed by atoms with Gasteiger partial charge in [0, 0.05) is 13.1 Å². The summed E-state index contributed by atoms with van der Waals surface area (Å²) in [6.45, 7) is 13.4. The zero-order chi connectivity index (χ0) is 15.1. The van der Waals surface area contributed by atoms with Gasteiger partial charge in [-0.2, -0.15) is 0 Å². The van der Waals surface area contributed by atoms with Gasteiger partial charge in [0.2, 0.25) is 0 Å². The first-order chi connectivity index (χ1) is 9.36. The van der Waals surface area contributed by atoms with Gasteiger partial charge in [-0.15, -0.1) is 0 Å². The third-order valence-electron chi connectivity index (χ3n) is 3.79. The minimum absolute atomic E-state index is 0.0367. The number of hydrogen-bond acceptors (Lipinski definition) is 3. The molecule has 0 aliphatic heterocycles. The zero-order valence-corrected chi connectivity index (χ0v) is 14.0. The van der Waals surface area contributed by atoms with Crippen molar-refractivity contribution in [3.8, 4) is 0 Å². The van der Waals surface area contributed by atoms with Crippen molar-refractivity contribution in [2.75, 3.05) is 19.6 Å². The lowest BCUT2D eigenvalue weighted by molar-refractivity contribution is -0.152. The number of carbonyl (C=O) groups is 1. The van der Waals surface area contributed by atoms with Crippen molar-refractivity contribution < 1.29 is 9.53 Å². The first-order valence-electron chi connectivity index (χ1n) is 8.28. The Hall–Kier alpha value is -0.570. The van der Waals surface area contributed by atoms with E-state index in [1.807, 2.05) is 0 Å². The van der Waals surface area contributed by atoms with Crippen LogP contribution in [-0.2, 0) is 9.53 Å². The van der Waals surface area contributed by atoms with Gasteiger partial charge in [0.15, 0.2) is 0 Å². The van der Waals surface area contributed by atoms with Crippen molar-refractivity contribution in [3.63, 3.8) is 0 Å². The number of hydrogen-bond donors (Lipinski definition) is 0. The van der Waals surface area contributed by atoms with Gasteiger partial charge in [0.05, 0.1) is 6.54 Å². The largest absolute Gasteiger partial charge is 0.461 e. The van der Waals surface area contributed by atoms with Crippen molar-refractivity contribution in [2.24, 2.45) is 17.8 Å².